The number of hydrogen-bond donors (Lipinski definition) is 1. The normalized spacial score (nSPS) is 18.0. The molecule has 1 aliphatic rings. The van der Waals surface area contributed by atoms with Gasteiger partial charge in [0.05, 0.1) is 12.6 Å². The zero-order valence-corrected chi connectivity index (χ0v) is 15.3. The summed E-state index contributed by atoms with van der Waals surface area (Å²) in [6.45, 7) is 12.1. The molecule has 134 valence electrons. The lowest BCUT2D eigenvalue weighted by Crippen LogP contribution is -2.43. The molecule has 1 N–H and O–H groups in total. The van der Waals surface area contributed by atoms with Crippen LogP contribution >= 0.6 is 0 Å². The van der Waals surface area contributed by atoms with E-state index >= 15 is 0 Å². The van der Waals surface area contributed by atoms with E-state index in [1.54, 1.807) is 0 Å². The van der Waals surface area contributed by atoms with E-state index in [2.05, 4.69) is 22.0 Å². The van der Waals surface area contributed by atoms with Gasteiger partial charge in [-0.15, -0.1) is 0 Å². The summed E-state index contributed by atoms with van der Waals surface area (Å²) in [6, 6.07) is 7.44. The number of benzene rings is 1. The smallest absolute Gasteiger partial charge is 0.241 e. The molecule has 1 heterocycles. The molecular formula is C19H31N3O2. The van der Waals surface area contributed by atoms with Gasteiger partial charge in [0, 0.05) is 25.3 Å². The number of anilines is 1. The molecule has 0 aromatic heterocycles. The van der Waals surface area contributed by atoms with Crippen LogP contribution in [0.15, 0.2) is 24.3 Å². The fourth-order valence-electron chi connectivity index (χ4n) is 3.13. The zero-order valence-electron chi connectivity index (χ0n) is 15.3. The van der Waals surface area contributed by atoms with Crippen molar-refractivity contribution in [3.63, 3.8) is 0 Å². The fourth-order valence-corrected chi connectivity index (χ4v) is 3.13. The first-order valence-electron chi connectivity index (χ1n) is 9.14. The van der Waals surface area contributed by atoms with Gasteiger partial charge in [-0.25, -0.2) is 0 Å². The van der Waals surface area contributed by atoms with E-state index in [1.807, 2.05) is 38.1 Å². The quantitative estimate of drug-likeness (QED) is 0.833. The van der Waals surface area contributed by atoms with Crippen molar-refractivity contribution in [3.8, 4) is 5.75 Å². The van der Waals surface area contributed by atoms with Crippen molar-refractivity contribution in [1.29, 1.82) is 0 Å². The second-order valence-corrected chi connectivity index (χ2v) is 6.35. The monoisotopic (exact) mass is 333 g/mol. The van der Waals surface area contributed by atoms with E-state index in [1.165, 1.54) is 6.42 Å². The van der Waals surface area contributed by atoms with Crippen LogP contribution in [0.5, 0.6) is 5.75 Å². The van der Waals surface area contributed by atoms with E-state index in [-0.39, 0.29) is 11.9 Å². The first kappa shape index (κ1) is 18.7. The number of amides is 1. The molecule has 0 spiro atoms. The van der Waals surface area contributed by atoms with E-state index in [0.717, 1.165) is 50.6 Å². The van der Waals surface area contributed by atoms with Crippen molar-refractivity contribution in [2.75, 3.05) is 44.6 Å². The van der Waals surface area contributed by atoms with Crippen LogP contribution in [0.25, 0.3) is 0 Å². The summed E-state index contributed by atoms with van der Waals surface area (Å²) in [4.78, 5) is 17.3. The van der Waals surface area contributed by atoms with Crippen LogP contribution in [-0.2, 0) is 4.79 Å². The molecule has 2 rings (SSSR count). The molecule has 0 saturated carbocycles. The maximum absolute atomic E-state index is 12.5. The van der Waals surface area contributed by atoms with Crippen LogP contribution < -0.4 is 10.1 Å². The van der Waals surface area contributed by atoms with Crippen LogP contribution in [0.1, 0.15) is 33.6 Å². The summed E-state index contributed by atoms with van der Waals surface area (Å²) in [6.07, 6.45) is 2.31. The van der Waals surface area contributed by atoms with Gasteiger partial charge in [0.25, 0.3) is 0 Å². The number of carbonyl (C=O) groups is 1. The van der Waals surface area contributed by atoms with Crippen molar-refractivity contribution < 1.29 is 9.53 Å². The molecule has 1 aromatic carbocycles. The molecule has 0 aliphatic carbocycles. The number of nitrogens with one attached hydrogen (secondary N) is 1. The van der Waals surface area contributed by atoms with Crippen LogP contribution in [0, 0.1) is 0 Å². The Balaban J connectivity index is 1.87. The van der Waals surface area contributed by atoms with Gasteiger partial charge in [0.2, 0.25) is 5.91 Å². The van der Waals surface area contributed by atoms with Gasteiger partial charge in [-0.05, 0) is 64.0 Å². The minimum Gasteiger partial charge on any atom is -0.494 e. The third kappa shape index (κ3) is 5.49. The maximum Gasteiger partial charge on any atom is 0.241 e. The first-order chi connectivity index (χ1) is 11.6. The summed E-state index contributed by atoms with van der Waals surface area (Å²) in [5.74, 6) is 0.884. The van der Waals surface area contributed by atoms with Crippen molar-refractivity contribution in [2.24, 2.45) is 0 Å². The number of ether oxygens (including phenoxy) is 1. The lowest BCUT2D eigenvalue weighted by atomic mass is 10.2. The number of hydrogen-bond acceptors (Lipinski definition) is 4. The summed E-state index contributed by atoms with van der Waals surface area (Å²) in [5, 5.41) is 3.02. The van der Waals surface area contributed by atoms with Crippen molar-refractivity contribution >= 4 is 11.6 Å². The lowest BCUT2D eigenvalue weighted by Gasteiger charge is -2.27. The van der Waals surface area contributed by atoms with Crippen LogP contribution in [0.2, 0.25) is 0 Å². The van der Waals surface area contributed by atoms with Gasteiger partial charge < -0.3 is 15.0 Å². The Labute approximate surface area is 146 Å². The Hall–Kier alpha value is -1.59. The number of carbonyl (C=O) groups excluding carboxylic acids is 1. The molecule has 1 aliphatic heterocycles. The summed E-state index contributed by atoms with van der Waals surface area (Å²) in [7, 11) is 0. The molecule has 1 fully saturated rings. The SMILES string of the molecule is CCCN1CCCN([C@H](C)C(=O)Nc2ccc(OCC)cc2)CC1. The van der Waals surface area contributed by atoms with Crippen molar-refractivity contribution in [2.45, 2.75) is 39.7 Å². The van der Waals surface area contributed by atoms with Gasteiger partial charge in [-0.1, -0.05) is 6.92 Å². The highest BCUT2D eigenvalue weighted by atomic mass is 16.5. The Kier molecular flexibility index (Phi) is 7.53. The minimum absolute atomic E-state index is 0.0584. The minimum atomic E-state index is -0.113. The number of nitrogens with zero attached hydrogens (tertiary/aromatic N) is 2. The largest absolute Gasteiger partial charge is 0.494 e. The first-order valence-corrected chi connectivity index (χ1v) is 9.14. The molecule has 5 nitrogen and oxygen atoms in total. The predicted octanol–water partition coefficient (Wildman–Crippen LogP) is 2.83. The number of rotatable bonds is 7. The van der Waals surface area contributed by atoms with Gasteiger partial charge in [-0.3, -0.25) is 9.69 Å². The van der Waals surface area contributed by atoms with Crippen LogP contribution in [-0.4, -0.2) is 61.1 Å². The summed E-state index contributed by atoms with van der Waals surface area (Å²) >= 11 is 0. The van der Waals surface area contributed by atoms with E-state index in [4.69, 9.17) is 4.74 Å². The predicted molar refractivity (Wildman–Crippen MR) is 98.6 cm³/mol. The standard InChI is InChI=1S/C19H31N3O2/c1-4-11-21-12-6-13-22(15-14-21)16(3)19(23)20-17-7-9-18(10-8-17)24-5-2/h7-10,16H,4-6,11-15H2,1-3H3,(H,20,23)/t16-/m1/s1. The topological polar surface area (TPSA) is 44.8 Å². The van der Waals surface area contributed by atoms with Crippen molar-refractivity contribution in [1.82, 2.24) is 9.80 Å². The second kappa shape index (κ2) is 9.64. The lowest BCUT2D eigenvalue weighted by molar-refractivity contribution is -0.120. The third-order valence-electron chi connectivity index (χ3n) is 4.52. The molecule has 1 atom stereocenters. The van der Waals surface area contributed by atoms with E-state index < -0.39 is 0 Å². The summed E-state index contributed by atoms with van der Waals surface area (Å²) in [5.41, 5.74) is 0.817. The molecule has 0 unspecified atom stereocenters. The third-order valence-corrected chi connectivity index (χ3v) is 4.52. The van der Waals surface area contributed by atoms with E-state index in [0.29, 0.717) is 6.61 Å². The fraction of sp³-hybridized carbons (Fsp3) is 0.632. The summed E-state index contributed by atoms with van der Waals surface area (Å²) < 4.78 is 5.43. The molecule has 0 bridgehead atoms. The molecule has 24 heavy (non-hydrogen) atoms. The Morgan fingerprint density at radius 3 is 2.58 bits per heavy atom. The molecule has 0 radical (unpaired) electrons. The maximum atomic E-state index is 12.5. The van der Waals surface area contributed by atoms with Gasteiger partial charge >= 0.3 is 0 Å². The molecule has 1 amide bonds. The van der Waals surface area contributed by atoms with Crippen LogP contribution in [0.3, 0.4) is 0 Å². The highest BCUT2D eigenvalue weighted by Gasteiger charge is 2.23. The molecular weight excluding hydrogens is 302 g/mol. The van der Waals surface area contributed by atoms with E-state index in [9.17, 15) is 4.79 Å². The highest BCUT2D eigenvalue weighted by Crippen LogP contribution is 2.16. The van der Waals surface area contributed by atoms with Gasteiger partial charge in [0.1, 0.15) is 5.75 Å². The van der Waals surface area contributed by atoms with Crippen LogP contribution in [0.4, 0.5) is 5.69 Å². The second-order valence-electron chi connectivity index (χ2n) is 6.35. The Morgan fingerprint density at radius 2 is 1.92 bits per heavy atom. The Bertz CT molecular complexity index is 504. The van der Waals surface area contributed by atoms with Gasteiger partial charge in [0.15, 0.2) is 0 Å². The molecule has 5 heteroatoms. The van der Waals surface area contributed by atoms with Crippen molar-refractivity contribution in [3.05, 3.63) is 24.3 Å². The highest BCUT2D eigenvalue weighted by molar-refractivity contribution is 5.94. The molecule has 1 aromatic rings. The van der Waals surface area contributed by atoms with Gasteiger partial charge in [-0.2, -0.15) is 0 Å². The average Bonchev–Trinajstić information content (AvgIpc) is 2.82. The zero-order chi connectivity index (χ0) is 17.4. The molecule has 1 saturated heterocycles. The Morgan fingerprint density at radius 1 is 1.17 bits per heavy atom. The average molecular weight is 333 g/mol.